The fourth-order valence-electron chi connectivity index (χ4n) is 2.33. The van der Waals surface area contributed by atoms with Crippen LogP contribution in [0.15, 0.2) is 60.9 Å². The van der Waals surface area contributed by atoms with Gasteiger partial charge in [-0.25, -0.2) is 4.98 Å². The first-order valence-electron chi connectivity index (χ1n) is 7.96. The highest BCUT2D eigenvalue weighted by Crippen LogP contribution is 2.23. The Hall–Kier alpha value is -3.74. The minimum Gasteiger partial charge on any atom is -0.373 e. The van der Waals surface area contributed by atoms with Gasteiger partial charge in [0.05, 0.1) is 5.69 Å². The van der Waals surface area contributed by atoms with E-state index < -0.39 is 0 Å². The van der Waals surface area contributed by atoms with Gasteiger partial charge in [-0.3, -0.25) is 9.78 Å². The number of carbonyl (C=O) groups is 1. The van der Waals surface area contributed by atoms with Crippen molar-refractivity contribution in [1.29, 1.82) is 0 Å². The quantitative estimate of drug-likeness (QED) is 0.614. The number of aromatic nitrogens is 3. The van der Waals surface area contributed by atoms with Gasteiger partial charge in [-0.1, -0.05) is 18.2 Å². The summed E-state index contributed by atoms with van der Waals surface area (Å²) >= 11 is 0. The number of hydrogen-bond acceptors (Lipinski definition) is 6. The Morgan fingerprint density at radius 2 is 2.04 bits per heavy atom. The van der Waals surface area contributed by atoms with E-state index in [1.54, 1.807) is 31.6 Å². The highest BCUT2D eigenvalue weighted by Gasteiger charge is 2.06. The SMILES string of the molecule is CNc1cc(-c2cccc(NC(=O)/C=C/c3cccnc3)c2)nc(N)n1. The zero-order chi connectivity index (χ0) is 18.4. The lowest BCUT2D eigenvalue weighted by molar-refractivity contribution is -0.111. The molecule has 0 bridgehead atoms. The number of benzene rings is 1. The first kappa shape index (κ1) is 17.1. The number of carbonyl (C=O) groups excluding carboxylic acids is 1. The summed E-state index contributed by atoms with van der Waals surface area (Å²) in [5.74, 6) is 0.575. The van der Waals surface area contributed by atoms with Crippen LogP contribution in [0.25, 0.3) is 17.3 Å². The Balaban J connectivity index is 1.76. The predicted molar refractivity (Wildman–Crippen MR) is 103 cm³/mol. The fourth-order valence-corrected chi connectivity index (χ4v) is 2.33. The summed E-state index contributed by atoms with van der Waals surface area (Å²) in [6.07, 6.45) is 6.54. The maximum Gasteiger partial charge on any atom is 0.248 e. The van der Waals surface area contributed by atoms with Crippen LogP contribution in [-0.4, -0.2) is 27.9 Å². The number of nitrogens with zero attached hydrogens (tertiary/aromatic N) is 3. The molecule has 0 aliphatic heterocycles. The number of amides is 1. The second-order valence-corrected chi connectivity index (χ2v) is 5.44. The van der Waals surface area contributed by atoms with Crippen LogP contribution in [-0.2, 0) is 4.79 Å². The third kappa shape index (κ3) is 4.41. The maximum absolute atomic E-state index is 12.1. The molecule has 1 aromatic carbocycles. The lowest BCUT2D eigenvalue weighted by atomic mass is 10.1. The Morgan fingerprint density at radius 3 is 2.81 bits per heavy atom. The van der Waals surface area contributed by atoms with Crippen LogP contribution in [0.1, 0.15) is 5.56 Å². The zero-order valence-electron chi connectivity index (χ0n) is 14.2. The summed E-state index contributed by atoms with van der Waals surface area (Å²) in [6.45, 7) is 0. The summed E-state index contributed by atoms with van der Waals surface area (Å²) in [7, 11) is 1.76. The second-order valence-electron chi connectivity index (χ2n) is 5.44. The van der Waals surface area contributed by atoms with Crippen molar-refractivity contribution in [1.82, 2.24) is 15.0 Å². The molecule has 2 heterocycles. The van der Waals surface area contributed by atoms with Gasteiger partial charge in [0.2, 0.25) is 11.9 Å². The Kier molecular flexibility index (Phi) is 5.19. The molecule has 3 rings (SSSR count). The molecule has 3 aromatic rings. The van der Waals surface area contributed by atoms with Gasteiger partial charge in [-0.05, 0) is 29.8 Å². The molecule has 7 heteroatoms. The molecule has 1 amide bonds. The van der Waals surface area contributed by atoms with E-state index in [0.717, 1.165) is 11.1 Å². The molecule has 0 spiro atoms. The van der Waals surface area contributed by atoms with Crippen molar-refractivity contribution in [3.05, 3.63) is 66.5 Å². The molecule has 0 fully saturated rings. The third-order valence-electron chi connectivity index (χ3n) is 3.54. The summed E-state index contributed by atoms with van der Waals surface area (Å²) < 4.78 is 0. The smallest absolute Gasteiger partial charge is 0.248 e. The van der Waals surface area contributed by atoms with Gasteiger partial charge in [-0.2, -0.15) is 4.98 Å². The van der Waals surface area contributed by atoms with Crippen molar-refractivity contribution in [2.24, 2.45) is 0 Å². The van der Waals surface area contributed by atoms with Crippen LogP contribution in [0.2, 0.25) is 0 Å². The summed E-state index contributed by atoms with van der Waals surface area (Å²) in [5, 5.41) is 5.77. The molecule has 0 radical (unpaired) electrons. The molecule has 2 aromatic heterocycles. The van der Waals surface area contributed by atoms with Gasteiger partial charge < -0.3 is 16.4 Å². The van der Waals surface area contributed by atoms with Gasteiger partial charge in [0.15, 0.2) is 0 Å². The number of rotatable bonds is 5. The minimum atomic E-state index is -0.232. The number of anilines is 3. The van der Waals surface area contributed by atoms with E-state index in [2.05, 4.69) is 25.6 Å². The monoisotopic (exact) mass is 346 g/mol. The van der Waals surface area contributed by atoms with Gasteiger partial charge in [-0.15, -0.1) is 0 Å². The molecule has 0 atom stereocenters. The van der Waals surface area contributed by atoms with Crippen molar-refractivity contribution in [2.45, 2.75) is 0 Å². The van der Waals surface area contributed by atoms with Crippen LogP contribution in [0.5, 0.6) is 0 Å². The van der Waals surface area contributed by atoms with E-state index in [-0.39, 0.29) is 11.9 Å². The largest absolute Gasteiger partial charge is 0.373 e. The molecule has 0 aliphatic carbocycles. The number of pyridine rings is 1. The van der Waals surface area contributed by atoms with E-state index in [4.69, 9.17) is 5.73 Å². The van der Waals surface area contributed by atoms with Crippen LogP contribution in [0.4, 0.5) is 17.5 Å². The van der Waals surface area contributed by atoms with E-state index in [1.807, 2.05) is 36.4 Å². The van der Waals surface area contributed by atoms with Crippen molar-refractivity contribution in [3.63, 3.8) is 0 Å². The molecule has 0 saturated carbocycles. The summed E-state index contributed by atoms with van der Waals surface area (Å²) in [6, 6.07) is 12.8. The van der Waals surface area contributed by atoms with E-state index in [1.165, 1.54) is 6.08 Å². The molecule has 130 valence electrons. The van der Waals surface area contributed by atoms with Gasteiger partial charge in [0.1, 0.15) is 5.82 Å². The topological polar surface area (TPSA) is 106 Å². The van der Waals surface area contributed by atoms with Crippen LogP contribution in [0, 0.1) is 0 Å². The lowest BCUT2D eigenvalue weighted by Crippen LogP contribution is -2.07. The number of nitrogens with one attached hydrogen (secondary N) is 2. The first-order valence-corrected chi connectivity index (χ1v) is 7.96. The van der Waals surface area contributed by atoms with Crippen molar-refractivity contribution >= 4 is 29.4 Å². The van der Waals surface area contributed by atoms with E-state index in [0.29, 0.717) is 17.2 Å². The Morgan fingerprint density at radius 1 is 1.15 bits per heavy atom. The van der Waals surface area contributed by atoms with Crippen LogP contribution < -0.4 is 16.4 Å². The predicted octanol–water partition coefficient (Wildman–Crippen LogP) is 2.81. The maximum atomic E-state index is 12.1. The molecule has 26 heavy (non-hydrogen) atoms. The van der Waals surface area contributed by atoms with Crippen molar-refractivity contribution < 1.29 is 4.79 Å². The highest BCUT2D eigenvalue weighted by molar-refractivity contribution is 6.02. The second kappa shape index (κ2) is 7.89. The molecule has 4 N–H and O–H groups in total. The van der Waals surface area contributed by atoms with Gasteiger partial charge in [0, 0.05) is 42.8 Å². The molecule has 0 aliphatic rings. The van der Waals surface area contributed by atoms with Gasteiger partial charge >= 0.3 is 0 Å². The molecule has 0 saturated heterocycles. The Labute approximate surface area is 151 Å². The third-order valence-corrected chi connectivity index (χ3v) is 3.54. The van der Waals surface area contributed by atoms with E-state index in [9.17, 15) is 4.79 Å². The highest BCUT2D eigenvalue weighted by atomic mass is 16.1. The Bertz CT molecular complexity index is 940. The standard InChI is InChI=1S/C19H18N6O/c1-21-17-11-16(24-19(20)25-17)14-5-2-6-15(10-14)23-18(26)8-7-13-4-3-9-22-12-13/h2-12H,1H3,(H,23,26)(H3,20,21,24,25)/b8-7+. The van der Waals surface area contributed by atoms with Crippen LogP contribution >= 0.6 is 0 Å². The number of hydrogen-bond donors (Lipinski definition) is 3. The fraction of sp³-hybridized carbons (Fsp3) is 0.0526. The molecule has 7 nitrogen and oxygen atoms in total. The molecule has 0 unspecified atom stereocenters. The first-order chi connectivity index (χ1) is 12.6. The zero-order valence-corrected chi connectivity index (χ0v) is 14.2. The lowest BCUT2D eigenvalue weighted by Gasteiger charge is -2.08. The summed E-state index contributed by atoms with van der Waals surface area (Å²) in [4.78, 5) is 24.4. The summed E-state index contributed by atoms with van der Waals surface area (Å²) in [5.41, 5.74) is 8.75. The average molecular weight is 346 g/mol. The van der Waals surface area contributed by atoms with Crippen molar-refractivity contribution in [3.8, 4) is 11.3 Å². The number of nitrogens with two attached hydrogens (primary N) is 1. The average Bonchev–Trinajstić information content (AvgIpc) is 2.67. The minimum absolute atomic E-state index is 0.181. The molecular weight excluding hydrogens is 328 g/mol. The van der Waals surface area contributed by atoms with Gasteiger partial charge in [0.25, 0.3) is 0 Å². The number of nitrogen functional groups attached to an aromatic ring is 1. The molecular formula is C19H18N6O. The normalized spacial score (nSPS) is 10.7. The van der Waals surface area contributed by atoms with E-state index >= 15 is 0 Å². The van der Waals surface area contributed by atoms with Crippen LogP contribution in [0.3, 0.4) is 0 Å². The van der Waals surface area contributed by atoms with Crippen molar-refractivity contribution in [2.75, 3.05) is 23.4 Å².